The maximum Gasteiger partial charge on any atom is 0.243 e. The van der Waals surface area contributed by atoms with E-state index < -0.39 is 10.0 Å². The van der Waals surface area contributed by atoms with E-state index in [4.69, 9.17) is 16.3 Å². The molecule has 0 aliphatic carbocycles. The van der Waals surface area contributed by atoms with Gasteiger partial charge in [0.25, 0.3) is 0 Å². The van der Waals surface area contributed by atoms with Crippen LogP contribution in [0.25, 0.3) is 0 Å². The topological polar surface area (TPSA) is 75.7 Å². The number of carbonyl (C=O) groups excluding carboxylic acids is 1. The van der Waals surface area contributed by atoms with E-state index in [1.165, 1.54) is 16.4 Å². The second-order valence-electron chi connectivity index (χ2n) is 6.57. The van der Waals surface area contributed by atoms with Crippen molar-refractivity contribution in [2.45, 2.75) is 24.2 Å². The molecule has 0 unspecified atom stereocenters. The molecule has 1 heterocycles. The fraction of sp³-hybridized carbons (Fsp3) is 0.350. The van der Waals surface area contributed by atoms with E-state index in [2.05, 4.69) is 5.32 Å². The first-order valence-corrected chi connectivity index (χ1v) is 11.0. The van der Waals surface area contributed by atoms with E-state index in [9.17, 15) is 13.2 Å². The number of ether oxygens (including phenoxy) is 1. The van der Waals surface area contributed by atoms with E-state index in [1.807, 2.05) is 24.3 Å². The van der Waals surface area contributed by atoms with Crippen molar-refractivity contribution < 1.29 is 17.9 Å². The molecule has 150 valence electrons. The van der Waals surface area contributed by atoms with Gasteiger partial charge in [0, 0.05) is 30.2 Å². The quantitative estimate of drug-likeness (QED) is 0.742. The zero-order chi connectivity index (χ0) is 20.0. The molecule has 1 saturated heterocycles. The molecular formula is C20H23ClN2O4S. The summed E-state index contributed by atoms with van der Waals surface area (Å²) in [5.74, 6) is -0.0993. The molecule has 8 heteroatoms. The van der Waals surface area contributed by atoms with Gasteiger partial charge >= 0.3 is 0 Å². The monoisotopic (exact) mass is 422 g/mol. The molecule has 28 heavy (non-hydrogen) atoms. The number of aryl methyl sites for hydroxylation is 1. The molecule has 0 saturated carbocycles. The Kier molecular flexibility index (Phi) is 7.07. The summed E-state index contributed by atoms with van der Waals surface area (Å²) in [7, 11) is -3.52. The number of amides is 1. The van der Waals surface area contributed by atoms with Crippen LogP contribution in [0, 0.1) is 0 Å². The van der Waals surface area contributed by atoms with Gasteiger partial charge in [-0.1, -0.05) is 23.7 Å². The van der Waals surface area contributed by atoms with Crippen molar-refractivity contribution in [3.05, 3.63) is 59.1 Å². The van der Waals surface area contributed by atoms with Crippen molar-refractivity contribution in [1.82, 2.24) is 4.31 Å². The number of carbonyl (C=O) groups is 1. The first kappa shape index (κ1) is 20.8. The lowest BCUT2D eigenvalue weighted by atomic mass is 10.1. The minimum absolute atomic E-state index is 0.0993. The fourth-order valence-corrected chi connectivity index (χ4v) is 4.51. The van der Waals surface area contributed by atoms with Crippen LogP contribution in [-0.2, 0) is 26.0 Å². The van der Waals surface area contributed by atoms with Gasteiger partial charge in [-0.3, -0.25) is 4.79 Å². The van der Waals surface area contributed by atoms with Crippen LogP contribution in [0.2, 0.25) is 5.02 Å². The molecule has 2 aromatic rings. The third-order valence-electron chi connectivity index (χ3n) is 4.53. The summed E-state index contributed by atoms with van der Waals surface area (Å²) < 4.78 is 31.8. The lowest BCUT2D eigenvalue weighted by Gasteiger charge is -2.26. The minimum Gasteiger partial charge on any atom is -0.379 e. The minimum atomic E-state index is -3.52. The average Bonchev–Trinajstić information content (AvgIpc) is 2.70. The van der Waals surface area contributed by atoms with Crippen LogP contribution in [0.1, 0.15) is 18.4 Å². The van der Waals surface area contributed by atoms with Crippen LogP contribution in [0.4, 0.5) is 5.69 Å². The predicted molar refractivity (Wildman–Crippen MR) is 109 cm³/mol. The number of morpholine rings is 1. The number of hydrogen-bond donors (Lipinski definition) is 1. The second kappa shape index (κ2) is 9.52. The molecule has 1 fully saturated rings. The van der Waals surface area contributed by atoms with E-state index in [0.29, 0.717) is 43.4 Å². The van der Waals surface area contributed by atoms with Gasteiger partial charge in [0.2, 0.25) is 15.9 Å². The highest BCUT2D eigenvalue weighted by molar-refractivity contribution is 7.89. The number of hydrogen-bond acceptors (Lipinski definition) is 4. The Balaban J connectivity index is 1.50. The molecule has 6 nitrogen and oxygen atoms in total. The zero-order valence-corrected chi connectivity index (χ0v) is 17.0. The first-order chi connectivity index (χ1) is 13.4. The van der Waals surface area contributed by atoms with E-state index in [-0.39, 0.29) is 10.8 Å². The first-order valence-electron chi connectivity index (χ1n) is 9.17. The van der Waals surface area contributed by atoms with E-state index in [0.717, 1.165) is 18.4 Å². The highest BCUT2D eigenvalue weighted by atomic mass is 35.5. The van der Waals surface area contributed by atoms with E-state index in [1.54, 1.807) is 12.1 Å². The molecule has 0 bridgehead atoms. The number of nitrogens with one attached hydrogen (secondary N) is 1. The van der Waals surface area contributed by atoms with Gasteiger partial charge in [-0.15, -0.1) is 0 Å². The highest BCUT2D eigenvalue weighted by Gasteiger charge is 2.26. The molecule has 1 amide bonds. The summed E-state index contributed by atoms with van der Waals surface area (Å²) in [5, 5.41) is 3.50. The molecule has 0 spiro atoms. The maximum absolute atomic E-state index is 12.6. The van der Waals surface area contributed by atoms with Gasteiger partial charge in [0.05, 0.1) is 18.1 Å². The van der Waals surface area contributed by atoms with Crippen molar-refractivity contribution in [3.8, 4) is 0 Å². The molecule has 3 rings (SSSR count). The van der Waals surface area contributed by atoms with E-state index >= 15 is 0 Å². The van der Waals surface area contributed by atoms with Crippen LogP contribution >= 0.6 is 11.6 Å². The summed E-state index contributed by atoms with van der Waals surface area (Å²) in [6.07, 6.45) is 1.90. The third kappa shape index (κ3) is 5.54. The summed E-state index contributed by atoms with van der Waals surface area (Å²) in [6, 6.07) is 13.9. The molecule has 0 atom stereocenters. The SMILES string of the molecule is O=C(CCCc1ccc(Cl)cc1)Nc1ccc(S(=O)(=O)N2CCOCC2)cc1. The lowest BCUT2D eigenvalue weighted by Crippen LogP contribution is -2.40. The summed E-state index contributed by atoms with van der Waals surface area (Å²) in [5.41, 5.74) is 1.72. The fourth-order valence-electron chi connectivity index (χ4n) is 2.97. The maximum atomic E-state index is 12.6. The van der Waals surface area contributed by atoms with Gasteiger partial charge in [-0.05, 0) is 54.8 Å². The molecule has 1 N–H and O–H groups in total. The number of benzene rings is 2. The van der Waals surface area contributed by atoms with Crippen molar-refractivity contribution in [2.75, 3.05) is 31.6 Å². The summed E-state index contributed by atoms with van der Waals surface area (Å²) in [6.45, 7) is 1.52. The van der Waals surface area contributed by atoms with Crippen LogP contribution < -0.4 is 5.32 Å². The predicted octanol–water partition coefficient (Wildman–Crippen LogP) is 3.32. The van der Waals surface area contributed by atoms with Crippen LogP contribution in [-0.4, -0.2) is 44.9 Å². The smallest absolute Gasteiger partial charge is 0.243 e. The largest absolute Gasteiger partial charge is 0.379 e. The van der Waals surface area contributed by atoms with Crippen molar-refractivity contribution in [1.29, 1.82) is 0 Å². The Hall–Kier alpha value is -1.93. The summed E-state index contributed by atoms with van der Waals surface area (Å²) in [4.78, 5) is 12.3. The number of halogens is 1. The van der Waals surface area contributed by atoms with Crippen LogP contribution in [0.3, 0.4) is 0 Å². The standard InChI is InChI=1S/C20H23ClN2O4S/c21-17-6-4-16(5-7-17)2-1-3-20(24)22-18-8-10-19(11-9-18)28(25,26)23-12-14-27-15-13-23/h4-11H,1-3,12-15H2,(H,22,24). The molecule has 1 aliphatic rings. The second-order valence-corrected chi connectivity index (χ2v) is 8.94. The molecule has 2 aromatic carbocycles. The number of sulfonamides is 1. The molecular weight excluding hydrogens is 400 g/mol. The Morgan fingerprint density at radius 1 is 1.04 bits per heavy atom. The number of nitrogens with zero attached hydrogens (tertiary/aromatic N) is 1. The van der Waals surface area contributed by atoms with Crippen LogP contribution in [0.5, 0.6) is 0 Å². The number of rotatable bonds is 7. The Labute approximate surface area is 170 Å². The van der Waals surface area contributed by atoms with Crippen molar-refractivity contribution in [2.24, 2.45) is 0 Å². The van der Waals surface area contributed by atoms with Crippen molar-refractivity contribution in [3.63, 3.8) is 0 Å². The van der Waals surface area contributed by atoms with Gasteiger partial charge in [-0.25, -0.2) is 8.42 Å². The van der Waals surface area contributed by atoms with Crippen molar-refractivity contribution >= 4 is 33.2 Å². The Bertz CT molecular complexity index is 893. The normalized spacial score (nSPS) is 15.3. The Morgan fingerprint density at radius 2 is 1.68 bits per heavy atom. The van der Waals surface area contributed by atoms with Gasteiger partial charge in [0.1, 0.15) is 0 Å². The van der Waals surface area contributed by atoms with Gasteiger partial charge in [-0.2, -0.15) is 4.31 Å². The third-order valence-corrected chi connectivity index (χ3v) is 6.69. The molecule has 1 aliphatic heterocycles. The highest BCUT2D eigenvalue weighted by Crippen LogP contribution is 2.20. The molecule has 0 radical (unpaired) electrons. The van der Waals surface area contributed by atoms with Gasteiger partial charge < -0.3 is 10.1 Å². The summed E-state index contributed by atoms with van der Waals surface area (Å²) >= 11 is 5.86. The Morgan fingerprint density at radius 3 is 2.32 bits per heavy atom. The van der Waals surface area contributed by atoms with Gasteiger partial charge in [0.15, 0.2) is 0 Å². The zero-order valence-electron chi connectivity index (χ0n) is 15.4. The average molecular weight is 423 g/mol. The molecule has 0 aromatic heterocycles. The van der Waals surface area contributed by atoms with Crippen LogP contribution in [0.15, 0.2) is 53.4 Å². The lowest BCUT2D eigenvalue weighted by molar-refractivity contribution is -0.116. The number of anilines is 1.